The number of anilines is 1. The summed E-state index contributed by atoms with van der Waals surface area (Å²) in [5.74, 6) is -0.825. The average molecular weight is 591 g/mol. The number of hydrogen-bond donors (Lipinski definition) is 1. The molecule has 0 saturated carbocycles. The Bertz CT molecular complexity index is 1390. The Morgan fingerprint density at radius 2 is 1.46 bits per heavy atom. The van der Waals surface area contributed by atoms with Crippen LogP contribution >= 0.6 is 23.2 Å². The van der Waals surface area contributed by atoms with Gasteiger partial charge in [-0.3, -0.25) is 13.9 Å². The molecule has 0 bridgehead atoms. The molecule has 1 N–H and O–H groups in total. The van der Waals surface area contributed by atoms with Crippen LogP contribution in [0.4, 0.5) is 5.69 Å². The van der Waals surface area contributed by atoms with Gasteiger partial charge in [-0.05, 0) is 80.8 Å². The van der Waals surface area contributed by atoms with Crippen molar-refractivity contribution >= 4 is 50.7 Å². The highest BCUT2D eigenvalue weighted by molar-refractivity contribution is 7.92. The number of nitrogens with one attached hydrogen (secondary N) is 1. The fourth-order valence-electron chi connectivity index (χ4n) is 4.18. The molecule has 1 unspecified atom stereocenters. The molecule has 0 aliphatic carbocycles. The van der Waals surface area contributed by atoms with Gasteiger partial charge in [0, 0.05) is 22.6 Å². The molecule has 0 fully saturated rings. The van der Waals surface area contributed by atoms with Crippen LogP contribution in [0.2, 0.25) is 10.0 Å². The summed E-state index contributed by atoms with van der Waals surface area (Å²) in [6, 6.07) is 18.8. The molecule has 1 atom stereocenters. The fourth-order valence-corrected chi connectivity index (χ4v) is 5.91. The average Bonchev–Trinajstić information content (AvgIpc) is 2.88. The molecule has 0 spiro atoms. The van der Waals surface area contributed by atoms with E-state index in [1.165, 1.54) is 29.2 Å². The Morgan fingerprint density at radius 1 is 0.897 bits per heavy atom. The topological polar surface area (TPSA) is 86.8 Å². The number of nitrogens with zero attached hydrogens (tertiary/aromatic N) is 2. The first kappa shape index (κ1) is 30.5. The van der Waals surface area contributed by atoms with Gasteiger partial charge in [0.2, 0.25) is 11.8 Å². The summed E-state index contributed by atoms with van der Waals surface area (Å²) in [6.45, 7) is 6.87. The number of benzene rings is 3. The van der Waals surface area contributed by atoms with E-state index in [1.54, 1.807) is 55.5 Å². The third-order valence-electron chi connectivity index (χ3n) is 6.15. The largest absolute Gasteiger partial charge is 0.352 e. The van der Waals surface area contributed by atoms with Gasteiger partial charge < -0.3 is 10.2 Å². The van der Waals surface area contributed by atoms with Crippen molar-refractivity contribution in [2.75, 3.05) is 10.8 Å². The van der Waals surface area contributed by atoms with E-state index >= 15 is 0 Å². The molecule has 39 heavy (non-hydrogen) atoms. The lowest BCUT2D eigenvalue weighted by Gasteiger charge is -2.34. The third kappa shape index (κ3) is 7.75. The van der Waals surface area contributed by atoms with Crippen molar-refractivity contribution in [3.8, 4) is 0 Å². The second kappa shape index (κ2) is 13.3. The van der Waals surface area contributed by atoms with Crippen LogP contribution in [0.5, 0.6) is 0 Å². The maximum atomic E-state index is 14.0. The van der Waals surface area contributed by atoms with E-state index in [-0.39, 0.29) is 23.4 Å². The van der Waals surface area contributed by atoms with Crippen molar-refractivity contribution in [1.29, 1.82) is 0 Å². The highest BCUT2D eigenvalue weighted by Gasteiger charge is 2.34. The Balaban J connectivity index is 2.07. The molecule has 3 rings (SSSR count). The Labute approximate surface area is 240 Å². The predicted octanol–water partition coefficient (Wildman–Crippen LogP) is 5.83. The highest BCUT2D eigenvalue weighted by Crippen LogP contribution is 2.28. The number of sulfonamides is 1. The van der Waals surface area contributed by atoms with Crippen molar-refractivity contribution in [3.05, 3.63) is 94.0 Å². The SMILES string of the molecule is CCC(C(=O)NC(C)C)N(Cc1ccc(Cl)cc1)C(=O)CN(c1ccccc1C)S(=O)(=O)c1ccc(Cl)cc1. The van der Waals surface area contributed by atoms with E-state index in [9.17, 15) is 18.0 Å². The van der Waals surface area contributed by atoms with Gasteiger partial charge in [0.1, 0.15) is 12.6 Å². The number of hydrogen-bond acceptors (Lipinski definition) is 4. The minimum atomic E-state index is -4.16. The minimum Gasteiger partial charge on any atom is -0.352 e. The lowest BCUT2D eigenvalue weighted by Crippen LogP contribution is -2.53. The summed E-state index contributed by atoms with van der Waals surface area (Å²) in [4.78, 5) is 28.6. The fraction of sp³-hybridized carbons (Fsp3) is 0.310. The number of halogens is 2. The smallest absolute Gasteiger partial charge is 0.264 e. The molecule has 0 aliphatic rings. The van der Waals surface area contributed by atoms with Crippen LogP contribution in [0.25, 0.3) is 0 Å². The minimum absolute atomic E-state index is 0.00297. The van der Waals surface area contributed by atoms with Crippen LogP contribution < -0.4 is 9.62 Å². The number of aryl methyl sites for hydroxylation is 1. The molecule has 3 aromatic carbocycles. The second-order valence-corrected chi connectivity index (χ2v) is 12.2. The van der Waals surface area contributed by atoms with Gasteiger partial charge in [0.25, 0.3) is 10.0 Å². The normalized spacial score (nSPS) is 12.2. The Hall–Kier alpha value is -3.07. The van der Waals surface area contributed by atoms with E-state index in [2.05, 4.69) is 5.32 Å². The first-order chi connectivity index (χ1) is 18.4. The Morgan fingerprint density at radius 3 is 2.00 bits per heavy atom. The number of amides is 2. The van der Waals surface area contributed by atoms with E-state index in [0.717, 1.165) is 9.87 Å². The van der Waals surface area contributed by atoms with Gasteiger partial charge in [-0.2, -0.15) is 0 Å². The van der Waals surface area contributed by atoms with Gasteiger partial charge in [0.15, 0.2) is 0 Å². The summed E-state index contributed by atoms with van der Waals surface area (Å²) in [7, 11) is -4.16. The zero-order valence-electron chi connectivity index (χ0n) is 22.4. The van der Waals surface area contributed by atoms with Crippen LogP contribution in [0.1, 0.15) is 38.3 Å². The number of para-hydroxylation sites is 1. The quantitative estimate of drug-likeness (QED) is 0.305. The van der Waals surface area contributed by atoms with Gasteiger partial charge >= 0.3 is 0 Å². The lowest BCUT2D eigenvalue weighted by molar-refractivity contribution is -0.140. The summed E-state index contributed by atoms with van der Waals surface area (Å²) in [6.07, 6.45) is 0.339. The van der Waals surface area contributed by atoms with Crippen molar-refractivity contribution in [2.24, 2.45) is 0 Å². The summed E-state index contributed by atoms with van der Waals surface area (Å²) in [5, 5.41) is 3.82. The Kier molecular flexibility index (Phi) is 10.4. The van der Waals surface area contributed by atoms with E-state index in [1.807, 2.05) is 20.8 Å². The second-order valence-electron chi connectivity index (χ2n) is 9.49. The molecular formula is C29H33Cl2N3O4S. The molecule has 0 saturated heterocycles. The monoisotopic (exact) mass is 589 g/mol. The van der Waals surface area contributed by atoms with Crippen LogP contribution in [-0.2, 0) is 26.2 Å². The molecule has 208 valence electrons. The summed E-state index contributed by atoms with van der Waals surface area (Å²) in [5.41, 5.74) is 1.80. The van der Waals surface area contributed by atoms with Crippen molar-refractivity contribution < 1.29 is 18.0 Å². The highest BCUT2D eigenvalue weighted by atomic mass is 35.5. The zero-order valence-corrected chi connectivity index (χ0v) is 24.7. The molecule has 2 amide bonds. The number of carbonyl (C=O) groups is 2. The lowest BCUT2D eigenvalue weighted by atomic mass is 10.1. The summed E-state index contributed by atoms with van der Waals surface area (Å²) >= 11 is 12.0. The maximum Gasteiger partial charge on any atom is 0.264 e. The zero-order chi connectivity index (χ0) is 28.7. The van der Waals surface area contributed by atoms with E-state index in [0.29, 0.717) is 27.7 Å². The molecular weight excluding hydrogens is 557 g/mol. The molecule has 7 nitrogen and oxygen atoms in total. The molecule has 0 heterocycles. The van der Waals surface area contributed by atoms with Crippen LogP contribution in [0.3, 0.4) is 0 Å². The van der Waals surface area contributed by atoms with Crippen LogP contribution in [0.15, 0.2) is 77.7 Å². The van der Waals surface area contributed by atoms with Crippen molar-refractivity contribution in [3.63, 3.8) is 0 Å². The molecule has 0 aromatic heterocycles. The predicted molar refractivity (Wildman–Crippen MR) is 157 cm³/mol. The maximum absolute atomic E-state index is 14.0. The molecule has 0 aliphatic heterocycles. The summed E-state index contributed by atoms with van der Waals surface area (Å²) < 4.78 is 28.9. The standard InChI is InChI=1S/C29H33Cl2N3O4S/c1-5-26(29(36)32-20(2)3)33(18-22-10-12-23(30)13-11-22)28(35)19-34(27-9-7-6-8-21(27)4)39(37,38)25-16-14-24(31)15-17-25/h6-17,20,26H,5,18-19H2,1-4H3,(H,32,36). The van der Waals surface area contributed by atoms with Gasteiger partial charge in [0.05, 0.1) is 10.6 Å². The molecule has 10 heteroatoms. The third-order valence-corrected chi connectivity index (χ3v) is 8.43. The first-order valence-corrected chi connectivity index (χ1v) is 14.8. The first-order valence-electron chi connectivity index (χ1n) is 12.6. The van der Waals surface area contributed by atoms with Gasteiger partial charge in [-0.1, -0.05) is 60.5 Å². The van der Waals surface area contributed by atoms with Gasteiger partial charge in [-0.25, -0.2) is 8.42 Å². The van der Waals surface area contributed by atoms with Crippen molar-refractivity contribution in [1.82, 2.24) is 10.2 Å². The molecule has 0 radical (unpaired) electrons. The van der Waals surface area contributed by atoms with Gasteiger partial charge in [-0.15, -0.1) is 0 Å². The van der Waals surface area contributed by atoms with E-state index in [4.69, 9.17) is 23.2 Å². The van der Waals surface area contributed by atoms with Crippen molar-refractivity contribution in [2.45, 2.75) is 57.6 Å². The van der Waals surface area contributed by atoms with Crippen LogP contribution in [-0.4, -0.2) is 43.8 Å². The number of rotatable bonds is 11. The molecule has 3 aromatic rings. The van der Waals surface area contributed by atoms with E-state index < -0.39 is 28.5 Å². The van der Waals surface area contributed by atoms with Crippen LogP contribution in [0, 0.1) is 6.92 Å². The number of carbonyl (C=O) groups excluding carboxylic acids is 2.